The van der Waals surface area contributed by atoms with Crippen molar-refractivity contribution in [2.75, 3.05) is 20.2 Å². The highest BCUT2D eigenvalue weighted by atomic mass is 35.5. The van der Waals surface area contributed by atoms with Gasteiger partial charge in [0.2, 0.25) is 0 Å². The second kappa shape index (κ2) is 9.05. The molecular weight excluding hydrogens is 358 g/mol. The molecule has 1 unspecified atom stereocenters. The van der Waals surface area contributed by atoms with Crippen LogP contribution in [0, 0.1) is 10.1 Å². The molecule has 0 saturated heterocycles. The molecule has 26 heavy (non-hydrogen) atoms. The number of nitro groups is 1. The van der Waals surface area contributed by atoms with Gasteiger partial charge in [-0.05, 0) is 36.8 Å². The third-order valence-corrected chi connectivity index (χ3v) is 4.18. The molecule has 1 atom stereocenters. The van der Waals surface area contributed by atoms with Gasteiger partial charge in [-0.25, -0.2) is 4.79 Å². The molecule has 7 nitrogen and oxygen atoms in total. The zero-order valence-electron chi connectivity index (χ0n) is 14.5. The van der Waals surface area contributed by atoms with Crippen LogP contribution in [0.3, 0.4) is 0 Å². The summed E-state index contributed by atoms with van der Waals surface area (Å²) in [6.07, 6.45) is 0. The number of amides is 2. The summed E-state index contributed by atoms with van der Waals surface area (Å²) in [5.41, 5.74) is 0.689. The van der Waals surface area contributed by atoms with Crippen molar-refractivity contribution in [3.8, 4) is 5.75 Å². The second-order valence-corrected chi connectivity index (χ2v) is 6.11. The lowest BCUT2D eigenvalue weighted by Gasteiger charge is -2.25. The van der Waals surface area contributed by atoms with Crippen LogP contribution in [0.4, 0.5) is 10.5 Å². The largest absolute Gasteiger partial charge is 0.492 e. The van der Waals surface area contributed by atoms with Gasteiger partial charge >= 0.3 is 6.03 Å². The van der Waals surface area contributed by atoms with Crippen molar-refractivity contribution in [1.29, 1.82) is 0 Å². The van der Waals surface area contributed by atoms with Crippen molar-refractivity contribution in [2.24, 2.45) is 0 Å². The van der Waals surface area contributed by atoms with Gasteiger partial charge in [0, 0.05) is 24.2 Å². The standard InChI is InChI=1S/C18H20ClN3O4/c1-13(14-4-3-5-16(12-14)22(24)25)21(2)18(23)20-10-11-26-17-8-6-15(19)7-9-17/h3-9,12-13H,10-11H2,1-2H3,(H,20,23). The van der Waals surface area contributed by atoms with E-state index in [1.54, 1.807) is 43.4 Å². The van der Waals surface area contributed by atoms with E-state index in [2.05, 4.69) is 5.32 Å². The fraction of sp³-hybridized carbons (Fsp3) is 0.278. The number of hydrogen-bond donors (Lipinski definition) is 1. The average molecular weight is 378 g/mol. The maximum atomic E-state index is 12.2. The van der Waals surface area contributed by atoms with Crippen LogP contribution >= 0.6 is 11.6 Å². The molecule has 0 aromatic heterocycles. The molecule has 0 fully saturated rings. The van der Waals surface area contributed by atoms with Gasteiger partial charge < -0.3 is 15.0 Å². The van der Waals surface area contributed by atoms with Gasteiger partial charge in [-0.15, -0.1) is 0 Å². The zero-order chi connectivity index (χ0) is 19.1. The summed E-state index contributed by atoms with van der Waals surface area (Å²) in [5, 5.41) is 14.3. The quantitative estimate of drug-likeness (QED) is 0.448. The molecule has 0 saturated carbocycles. The van der Waals surface area contributed by atoms with Gasteiger partial charge in [0.15, 0.2) is 0 Å². The highest BCUT2D eigenvalue weighted by Gasteiger charge is 2.19. The van der Waals surface area contributed by atoms with Gasteiger partial charge in [0.05, 0.1) is 17.5 Å². The Balaban J connectivity index is 1.83. The number of nitrogens with zero attached hydrogens (tertiary/aromatic N) is 2. The summed E-state index contributed by atoms with van der Waals surface area (Å²) in [4.78, 5) is 24.2. The van der Waals surface area contributed by atoms with Crippen molar-refractivity contribution in [2.45, 2.75) is 13.0 Å². The minimum Gasteiger partial charge on any atom is -0.492 e. The Kier molecular flexibility index (Phi) is 6.80. The van der Waals surface area contributed by atoms with Gasteiger partial charge in [-0.3, -0.25) is 10.1 Å². The van der Waals surface area contributed by atoms with Crippen molar-refractivity contribution in [1.82, 2.24) is 10.2 Å². The molecule has 0 heterocycles. The summed E-state index contributed by atoms with van der Waals surface area (Å²) in [5.74, 6) is 0.668. The maximum Gasteiger partial charge on any atom is 0.317 e. The minimum absolute atomic E-state index is 0.000442. The average Bonchev–Trinajstić information content (AvgIpc) is 2.65. The molecule has 0 bridgehead atoms. The lowest BCUT2D eigenvalue weighted by Crippen LogP contribution is -2.40. The molecule has 0 aliphatic heterocycles. The zero-order valence-corrected chi connectivity index (χ0v) is 15.3. The Labute approximate surface area is 156 Å². The fourth-order valence-electron chi connectivity index (χ4n) is 2.28. The van der Waals surface area contributed by atoms with E-state index >= 15 is 0 Å². The Hall–Kier alpha value is -2.80. The predicted molar refractivity (Wildman–Crippen MR) is 99.6 cm³/mol. The SMILES string of the molecule is CC(c1cccc([N+](=O)[O-])c1)N(C)C(=O)NCCOc1ccc(Cl)cc1. The number of ether oxygens (including phenoxy) is 1. The van der Waals surface area contributed by atoms with Crippen molar-refractivity contribution >= 4 is 23.3 Å². The van der Waals surface area contributed by atoms with Crippen LogP contribution in [0.1, 0.15) is 18.5 Å². The number of rotatable bonds is 7. The van der Waals surface area contributed by atoms with Crippen LogP contribution < -0.4 is 10.1 Å². The number of nitrogens with one attached hydrogen (secondary N) is 1. The van der Waals surface area contributed by atoms with E-state index in [9.17, 15) is 14.9 Å². The topological polar surface area (TPSA) is 84.7 Å². The van der Waals surface area contributed by atoms with Crippen molar-refractivity contribution in [3.05, 3.63) is 69.2 Å². The molecule has 2 aromatic carbocycles. The number of urea groups is 1. The van der Waals surface area contributed by atoms with Gasteiger partial charge in [0.25, 0.3) is 5.69 Å². The molecule has 8 heteroatoms. The number of hydrogen-bond acceptors (Lipinski definition) is 4. The molecule has 0 radical (unpaired) electrons. The molecule has 1 N–H and O–H groups in total. The van der Waals surface area contributed by atoms with Crippen molar-refractivity contribution in [3.63, 3.8) is 0 Å². The highest BCUT2D eigenvalue weighted by Crippen LogP contribution is 2.23. The molecule has 2 rings (SSSR count). The number of benzene rings is 2. The smallest absolute Gasteiger partial charge is 0.317 e. The Bertz CT molecular complexity index is 767. The van der Waals surface area contributed by atoms with Gasteiger partial charge in [-0.1, -0.05) is 23.7 Å². The number of halogens is 1. The number of carbonyl (C=O) groups is 1. The van der Waals surface area contributed by atoms with E-state index in [1.807, 2.05) is 6.92 Å². The lowest BCUT2D eigenvalue weighted by atomic mass is 10.1. The number of carbonyl (C=O) groups excluding carboxylic acids is 1. The molecule has 138 valence electrons. The maximum absolute atomic E-state index is 12.2. The highest BCUT2D eigenvalue weighted by molar-refractivity contribution is 6.30. The van der Waals surface area contributed by atoms with Crippen molar-refractivity contribution < 1.29 is 14.5 Å². The second-order valence-electron chi connectivity index (χ2n) is 5.67. The molecule has 0 aliphatic carbocycles. The van der Waals surface area contributed by atoms with Crippen LogP contribution in [-0.4, -0.2) is 36.1 Å². The minimum atomic E-state index is -0.454. The predicted octanol–water partition coefficient (Wildman–Crippen LogP) is 4.03. The first-order valence-corrected chi connectivity index (χ1v) is 8.39. The third kappa shape index (κ3) is 5.35. The Morgan fingerprint density at radius 2 is 2.00 bits per heavy atom. The van der Waals surface area contributed by atoms with E-state index < -0.39 is 4.92 Å². The molecular formula is C18H20ClN3O4. The molecule has 0 aliphatic rings. The lowest BCUT2D eigenvalue weighted by molar-refractivity contribution is -0.384. The van der Waals surface area contributed by atoms with E-state index in [4.69, 9.17) is 16.3 Å². The Morgan fingerprint density at radius 3 is 2.65 bits per heavy atom. The summed E-state index contributed by atoms with van der Waals surface area (Å²) >= 11 is 5.80. The van der Waals surface area contributed by atoms with E-state index in [0.717, 1.165) is 0 Å². The monoisotopic (exact) mass is 377 g/mol. The Morgan fingerprint density at radius 1 is 1.31 bits per heavy atom. The first kappa shape index (κ1) is 19.5. The number of nitro benzene ring substituents is 1. The van der Waals surface area contributed by atoms with E-state index in [1.165, 1.54) is 17.0 Å². The van der Waals surface area contributed by atoms with Crippen LogP contribution in [0.5, 0.6) is 5.75 Å². The van der Waals surface area contributed by atoms with E-state index in [0.29, 0.717) is 29.5 Å². The molecule has 2 aromatic rings. The van der Waals surface area contributed by atoms with E-state index in [-0.39, 0.29) is 17.8 Å². The fourth-order valence-corrected chi connectivity index (χ4v) is 2.41. The van der Waals surface area contributed by atoms with Gasteiger partial charge in [0.1, 0.15) is 12.4 Å². The van der Waals surface area contributed by atoms with Crippen LogP contribution in [-0.2, 0) is 0 Å². The van der Waals surface area contributed by atoms with Gasteiger partial charge in [-0.2, -0.15) is 0 Å². The normalized spacial score (nSPS) is 11.5. The third-order valence-electron chi connectivity index (χ3n) is 3.93. The summed E-state index contributed by atoms with van der Waals surface area (Å²) < 4.78 is 5.51. The van der Waals surface area contributed by atoms with Crippen LogP contribution in [0.15, 0.2) is 48.5 Å². The summed E-state index contributed by atoms with van der Waals surface area (Å²) in [6, 6.07) is 12.6. The molecule has 2 amide bonds. The summed E-state index contributed by atoms with van der Waals surface area (Å²) in [7, 11) is 1.64. The number of non-ortho nitro benzene ring substituents is 1. The summed E-state index contributed by atoms with van der Waals surface area (Å²) in [6.45, 7) is 2.45. The molecule has 0 spiro atoms. The first-order valence-electron chi connectivity index (χ1n) is 8.02. The van der Waals surface area contributed by atoms with Crippen LogP contribution in [0.2, 0.25) is 5.02 Å². The first-order chi connectivity index (χ1) is 12.4. The van der Waals surface area contributed by atoms with Crippen LogP contribution in [0.25, 0.3) is 0 Å².